The van der Waals surface area contributed by atoms with Gasteiger partial charge in [0.15, 0.2) is 0 Å². The molecule has 2 heterocycles. The number of carbonyl (C=O) groups excluding carboxylic acids is 1. The van der Waals surface area contributed by atoms with E-state index in [2.05, 4.69) is 9.97 Å². The second kappa shape index (κ2) is 8.53. The third-order valence-electron chi connectivity index (χ3n) is 2.52. The lowest BCUT2D eigenvalue weighted by Gasteiger charge is -2.14. The van der Waals surface area contributed by atoms with E-state index < -0.39 is 0 Å². The minimum absolute atomic E-state index is 0. The van der Waals surface area contributed by atoms with E-state index in [4.69, 9.17) is 5.73 Å². The predicted octanol–water partition coefficient (Wildman–Crippen LogP) is 2.48. The summed E-state index contributed by atoms with van der Waals surface area (Å²) >= 11 is 2.97. The van der Waals surface area contributed by atoms with Crippen molar-refractivity contribution in [3.8, 4) is 0 Å². The van der Waals surface area contributed by atoms with Gasteiger partial charge in [0.25, 0.3) is 5.91 Å². The first-order chi connectivity index (χ1) is 8.61. The second-order valence-electron chi connectivity index (χ2n) is 3.85. The van der Waals surface area contributed by atoms with Gasteiger partial charge in [-0.25, -0.2) is 9.97 Å². The Bertz CT molecular complexity index is 558. The largest absolute Gasteiger partial charge is 0.335 e. The Kier molecular flexibility index (Phi) is 8.22. The summed E-state index contributed by atoms with van der Waals surface area (Å²) in [5.41, 5.74) is 8.71. The van der Waals surface area contributed by atoms with E-state index in [-0.39, 0.29) is 30.7 Å². The Balaban J connectivity index is 0.00000180. The molecule has 0 aromatic carbocycles. The lowest BCUT2D eigenvalue weighted by molar-refractivity contribution is 0.0781. The van der Waals surface area contributed by atoms with Gasteiger partial charge in [-0.3, -0.25) is 4.79 Å². The maximum absolute atomic E-state index is 12.1. The van der Waals surface area contributed by atoms with Crippen molar-refractivity contribution in [1.29, 1.82) is 0 Å². The fraction of sp³-hybridized carbons (Fsp3) is 0.364. The van der Waals surface area contributed by atoms with E-state index in [1.807, 2.05) is 6.92 Å². The van der Waals surface area contributed by atoms with E-state index in [9.17, 15) is 4.79 Å². The quantitative estimate of drug-likeness (QED) is 0.915. The average Bonchev–Trinajstić information content (AvgIpc) is 2.98. The van der Waals surface area contributed by atoms with Gasteiger partial charge >= 0.3 is 0 Å². The van der Waals surface area contributed by atoms with Crippen molar-refractivity contribution < 1.29 is 4.79 Å². The van der Waals surface area contributed by atoms with Crippen molar-refractivity contribution in [2.75, 3.05) is 7.05 Å². The molecule has 0 unspecified atom stereocenters. The van der Waals surface area contributed by atoms with Crippen LogP contribution in [-0.2, 0) is 13.1 Å². The number of carbonyl (C=O) groups is 1. The summed E-state index contributed by atoms with van der Waals surface area (Å²) in [7, 11) is 1.77. The van der Waals surface area contributed by atoms with Crippen LogP contribution in [0.5, 0.6) is 0 Å². The smallest absolute Gasteiger partial charge is 0.273 e. The Hall–Kier alpha value is -0.730. The molecule has 0 fully saturated rings. The van der Waals surface area contributed by atoms with Crippen molar-refractivity contribution in [3.05, 3.63) is 32.2 Å². The van der Waals surface area contributed by atoms with Crippen LogP contribution < -0.4 is 5.73 Å². The summed E-state index contributed by atoms with van der Waals surface area (Å²) in [6, 6.07) is 0. The van der Waals surface area contributed by atoms with E-state index in [0.29, 0.717) is 18.8 Å². The number of nitrogens with two attached hydrogens (primary N) is 1. The molecule has 0 saturated heterocycles. The van der Waals surface area contributed by atoms with Gasteiger partial charge in [-0.2, -0.15) is 0 Å². The molecule has 1 amide bonds. The highest BCUT2D eigenvalue weighted by atomic mass is 35.5. The van der Waals surface area contributed by atoms with Gasteiger partial charge in [-0.15, -0.1) is 47.5 Å². The predicted molar refractivity (Wildman–Crippen MR) is 87.1 cm³/mol. The maximum atomic E-state index is 12.1. The number of halogens is 2. The van der Waals surface area contributed by atoms with Gasteiger partial charge in [0.05, 0.1) is 17.7 Å². The number of nitrogens with zero attached hydrogens (tertiary/aromatic N) is 3. The summed E-state index contributed by atoms with van der Waals surface area (Å²) in [5.74, 6) is -0.0845. The Morgan fingerprint density at radius 2 is 2.10 bits per heavy atom. The van der Waals surface area contributed by atoms with Crippen LogP contribution in [0.25, 0.3) is 0 Å². The van der Waals surface area contributed by atoms with Crippen molar-refractivity contribution in [2.45, 2.75) is 20.0 Å². The molecule has 0 atom stereocenters. The summed E-state index contributed by atoms with van der Waals surface area (Å²) in [4.78, 5) is 23.2. The highest BCUT2D eigenvalue weighted by Gasteiger charge is 2.16. The van der Waals surface area contributed by atoms with Crippen molar-refractivity contribution in [2.24, 2.45) is 5.73 Å². The lowest BCUT2D eigenvalue weighted by atomic mass is 10.3. The minimum Gasteiger partial charge on any atom is -0.335 e. The van der Waals surface area contributed by atoms with Crippen LogP contribution in [0.1, 0.15) is 26.1 Å². The molecule has 0 aliphatic carbocycles. The fourth-order valence-electron chi connectivity index (χ4n) is 1.46. The van der Waals surface area contributed by atoms with E-state index in [0.717, 1.165) is 15.6 Å². The van der Waals surface area contributed by atoms with E-state index >= 15 is 0 Å². The zero-order valence-corrected chi connectivity index (χ0v) is 14.3. The molecule has 0 spiro atoms. The number of amides is 1. The molecule has 2 aromatic heterocycles. The molecule has 0 bridgehead atoms. The monoisotopic (exact) mass is 354 g/mol. The molecule has 2 aromatic rings. The lowest BCUT2D eigenvalue weighted by Crippen LogP contribution is -2.26. The van der Waals surface area contributed by atoms with Crippen LogP contribution in [0.4, 0.5) is 0 Å². The molecule has 0 radical (unpaired) electrons. The molecule has 0 aliphatic rings. The highest BCUT2D eigenvalue weighted by Crippen LogP contribution is 2.16. The van der Waals surface area contributed by atoms with Gasteiger partial charge in [-0.1, -0.05) is 0 Å². The summed E-state index contributed by atoms with van der Waals surface area (Å²) in [5, 5.41) is 2.53. The van der Waals surface area contributed by atoms with Crippen LogP contribution in [0.2, 0.25) is 0 Å². The number of hydrogen-bond donors (Lipinski definition) is 1. The maximum Gasteiger partial charge on any atom is 0.273 e. The Morgan fingerprint density at radius 3 is 2.60 bits per heavy atom. The molecule has 2 N–H and O–H groups in total. The number of hydrogen-bond acceptors (Lipinski definition) is 6. The number of rotatable bonds is 4. The second-order valence-corrected chi connectivity index (χ2v) is 5.73. The van der Waals surface area contributed by atoms with Crippen LogP contribution in [0, 0.1) is 6.92 Å². The molecule has 9 heteroatoms. The van der Waals surface area contributed by atoms with Crippen molar-refractivity contribution in [3.63, 3.8) is 0 Å². The summed E-state index contributed by atoms with van der Waals surface area (Å²) in [6.45, 7) is 2.87. The summed E-state index contributed by atoms with van der Waals surface area (Å²) < 4.78 is 0. The normalized spacial score (nSPS) is 9.55. The van der Waals surface area contributed by atoms with Gasteiger partial charge < -0.3 is 10.6 Å². The zero-order chi connectivity index (χ0) is 13.1. The number of thiazole rings is 2. The van der Waals surface area contributed by atoms with Crippen molar-refractivity contribution in [1.82, 2.24) is 14.9 Å². The van der Waals surface area contributed by atoms with Gasteiger partial charge in [-0.05, 0) is 6.92 Å². The zero-order valence-electron chi connectivity index (χ0n) is 11.0. The summed E-state index contributed by atoms with van der Waals surface area (Å²) in [6.07, 6.45) is 0. The third kappa shape index (κ3) is 4.39. The molecule has 0 saturated carbocycles. The Labute approximate surface area is 138 Å². The third-order valence-corrected chi connectivity index (χ3v) is 4.31. The SMILES string of the molecule is Cc1ncsc1CN(C)C(=O)c1csc(CN)n1.Cl.Cl. The topological polar surface area (TPSA) is 72.1 Å². The first-order valence-corrected chi connectivity index (χ1v) is 7.16. The number of aryl methyl sites for hydroxylation is 1. The first kappa shape index (κ1) is 19.3. The molecule has 2 rings (SSSR count). The van der Waals surface area contributed by atoms with Crippen molar-refractivity contribution >= 4 is 53.4 Å². The van der Waals surface area contributed by atoms with Gasteiger partial charge in [0.2, 0.25) is 0 Å². The van der Waals surface area contributed by atoms with Crippen LogP contribution >= 0.6 is 47.5 Å². The molecular formula is C11H16Cl2N4OS2. The molecular weight excluding hydrogens is 339 g/mol. The van der Waals surface area contributed by atoms with Gasteiger partial charge in [0.1, 0.15) is 10.7 Å². The fourth-order valence-corrected chi connectivity index (χ4v) is 2.94. The van der Waals surface area contributed by atoms with Crippen LogP contribution in [0.3, 0.4) is 0 Å². The van der Waals surface area contributed by atoms with Gasteiger partial charge in [0, 0.05) is 23.8 Å². The Morgan fingerprint density at radius 1 is 1.40 bits per heavy atom. The average molecular weight is 355 g/mol. The van der Waals surface area contributed by atoms with Crippen LogP contribution in [0.15, 0.2) is 10.9 Å². The molecule has 0 aliphatic heterocycles. The molecule has 20 heavy (non-hydrogen) atoms. The first-order valence-electron chi connectivity index (χ1n) is 5.40. The standard InChI is InChI=1S/C11H14N4OS2.2ClH/c1-7-9(18-6-13-7)4-15(2)11(16)8-5-17-10(3-12)14-8;;/h5-6H,3-4,12H2,1-2H3;2*1H. The minimum atomic E-state index is -0.0845. The van der Waals surface area contributed by atoms with E-state index in [1.54, 1.807) is 34.2 Å². The van der Waals surface area contributed by atoms with E-state index in [1.165, 1.54) is 11.3 Å². The highest BCUT2D eigenvalue weighted by molar-refractivity contribution is 7.10. The van der Waals surface area contributed by atoms with Crippen LogP contribution in [-0.4, -0.2) is 27.8 Å². The molecule has 5 nitrogen and oxygen atoms in total. The molecule has 112 valence electrons. The number of aromatic nitrogens is 2.